The first-order valence-corrected chi connectivity index (χ1v) is 5.59. The normalized spacial score (nSPS) is 44.7. The Balaban J connectivity index is 1.91. The Morgan fingerprint density at radius 3 is 2.00 bits per heavy atom. The minimum Gasteiger partial charge on any atom is -0.365 e. The minimum absolute atomic E-state index is 0.149. The SMILES string of the molecule is ClC1(Cl)[C@H]2[C@H]1[C@H]1O[C@@H]2c2ccccc21. The molecule has 14 heavy (non-hydrogen) atoms. The number of hydrogen-bond acceptors (Lipinski definition) is 1. The fourth-order valence-electron chi connectivity index (χ4n) is 3.05. The molecule has 2 aliphatic heterocycles. The second-order valence-corrected chi connectivity index (χ2v) is 5.78. The van der Waals surface area contributed by atoms with Crippen LogP contribution in [-0.4, -0.2) is 4.33 Å². The maximum atomic E-state index is 6.21. The fraction of sp³-hybridized carbons (Fsp3) is 0.455. The van der Waals surface area contributed by atoms with Gasteiger partial charge >= 0.3 is 0 Å². The van der Waals surface area contributed by atoms with Crippen LogP contribution < -0.4 is 0 Å². The van der Waals surface area contributed by atoms with Gasteiger partial charge in [0.15, 0.2) is 0 Å². The Bertz CT molecular complexity index is 392. The van der Waals surface area contributed by atoms with Gasteiger partial charge in [-0.2, -0.15) is 0 Å². The topological polar surface area (TPSA) is 9.23 Å². The van der Waals surface area contributed by atoms with Crippen LogP contribution in [0.2, 0.25) is 0 Å². The van der Waals surface area contributed by atoms with Crippen LogP contribution in [0.1, 0.15) is 23.3 Å². The van der Waals surface area contributed by atoms with Gasteiger partial charge in [0.05, 0.1) is 12.2 Å². The maximum absolute atomic E-state index is 6.21. The van der Waals surface area contributed by atoms with Gasteiger partial charge in [-0.1, -0.05) is 24.3 Å². The molecular formula is C11H8Cl2O. The molecule has 0 aromatic heterocycles. The summed E-state index contributed by atoms with van der Waals surface area (Å²) in [5, 5.41) is 0. The van der Waals surface area contributed by atoms with Crippen molar-refractivity contribution in [1.29, 1.82) is 0 Å². The molecule has 1 aromatic rings. The van der Waals surface area contributed by atoms with E-state index in [-0.39, 0.29) is 12.2 Å². The van der Waals surface area contributed by atoms with Crippen LogP contribution in [0, 0.1) is 11.8 Å². The van der Waals surface area contributed by atoms with Gasteiger partial charge in [0.25, 0.3) is 0 Å². The average Bonchev–Trinajstić information content (AvgIpc) is 2.58. The van der Waals surface area contributed by atoms with E-state index in [4.69, 9.17) is 27.9 Å². The molecule has 2 bridgehead atoms. The zero-order valence-electron chi connectivity index (χ0n) is 7.28. The van der Waals surface area contributed by atoms with Crippen molar-refractivity contribution in [3.63, 3.8) is 0 Å². The third-order valence-corrected chi connectivity index (χ3v) is 4.73. The van der Waals surface area contributed by atoms with Crippen molar-refractivity contribution < 1.29 is 4.74 Å². The minimum atomic E-state index is -0.535. The van der Waals surface area contributed by atoms with Crippen LogP contribution in [0.3, 0.4) is 0 Å². The van der Waals surface area contributed by atoms with E-state index in [0.29, 0.717) is 11.8 Å². The van der Waals surface area contributed by atoms with Crippen LogP contribution in [0.4, 0.5) is 0 Å². The van der Waals surface area contributed by atoms with Crippen molar-refractivity contribution in [3.05, 3.63) is 35.4 Å². The predicted octanol–water partition coefficient (Wildman–Crippen LogP) is 3.23. The largest absolute Gasteiger partial charge is 0.365 e. The van der Waals surface area contributed by atoms with Gasteiger partial charge in [-0.3, -0.25) is 0 Å². The zero-order valence-corrected chi connectivity index (χ0v) is 8.79. The molecule has 3 heteroatoms. The van der Waals surface area contributed by atoms with Crippen molar-refractivity contribution in [1.82, 2.24) is 0 Å². The summed E-state index contributed by atoms with van der Waals surface area (Å²) in [6.45, 7) is 0. The van der Waals surface area contributed by atoms with Gasteiger partial charge in [0, 0.05) is 11.8 Å². The van der Waals surface area contributed by atoms with E-state index in [1.807, 2.05) is 12.1 Å². The number of fused-ring (bicyclic) bond motifs is 8. The second kappa shape index (κ2) is 2.13. The Labute approximate surface area is 92.0 Å². The van der Waals surface area contributed by atoms with Crippen LogP contribution in [0.15, 0.2) is 24.3 Å². The summed E-state index contributed by atoms with van der Waals surface area (Å²) < 4.78 is 5.34. The number of halogens is 2. The number of rotatable bonds is 0. The van der Waals surface area contributed by atoms with Gasteiger partial charge in [-0.15, -0.1) is 23.2 Å². The monoisotopic (exact) mass is 226 g/mol. The molecule has 0 unspecified atom stereocenters. The molecule has 4 atom stereocenters. The van der Waals surface area contributed by atoms with Gasteiger partial charge in [-0.25, -0.2) is 0 Å². The Hall–Kier alpha value is -0.240. The summed E-state index contributed by atoms with van der Waals surface area (Å²) >= 11 is 12.4. The van der Waals surface area contributed by atoms with Gasteiger partial charge in [0.1, 0.15) is 4.33 Å². The summed E-state index contributed by atoms with van der Waals surface area (Å²) in [7, 11) is 0. The number of benzene rings is 1. The first-order valence-electron chi connectivity index (χ1n) is 4.83. The highest BCUT2D eigenvalue weighted by Crippen LogP contribution is 2.78. The zero-order chi connectivity index (χ0) is 9.50. The van der Waals surface area contributed by atoms with Crippen LogP contribution in [0.25, 0.3) is 0 Å². The van der Waals surface area contributed by atoms with Gasteiger partial charge in [-0.05, 0) is 11.1 Å². The molecule has 0 amide bonds. The Morgan fingerprint density at radius 2 is 1.50 bits per heavy atom. The van der Waals surface area contributed by atoms with Crippen LogP contribution in [-0.2, 0) is 4.74 Å². The van der Waals surface area contributed by atoms with E-state index >= 15 is 0 Å². The molecule has 72 valence electrons. The molecule has 4 rings (SSSR count). The summed E-state index contributed by atoms with van der Waals surface area (Å²) in [6.07, 6.45) is 0.299. The van der Waals surface area contributed by atoms with Crippen LogP contribution in [0.5, 0.6) is 0 Å². The van der Waals surface area contributed by atoms with E-state index in [9.17, 15) is 0 Å². The molecule has 2 heterocycles. The molecule has 2 fully saturated rings. The first kappa shape index (κ1) is 7.98. The number of alkyl halides is 2. The van der Waals surface area contributed by atoms with Crippen LogP contribution >= 0.6 is 23.2 Å². The number of hydrogen-bond donors (Lipinski definition) is 0. The number of ether oxygens (including phenoxy) is 1. The highest BCUT2D eigenvalue weighted by molar-refractivity contribution is 6.51. The average molecular weight is 227 g/mol. The maximum Gasteiger partial charge on any atom is 0.130 e. The summed E-state index contributed by atoms with van der Waals surface area (Å²) in [5.41, 5.74) is 2.59. The standard InChI is InChI=1S/C11H8Cl2O/c12-11(13)7-8(11)10-6-4-2-1-3-5(6)9(7)14-10/h1-4,7-10H/t7-,8-,9-,10+/m0/s1. The molecule has 3 aliphatic rings. The summed E-state index contributed by atoms with van der Waals surface area (Å²) in [6, 6.07) is 8.34. The second-order valence-electron chi connectivity index (χ2n) is 4.33. The van der Waals surface area contributed by atoms with Crippen molar-refractivity contribution >= 4 is 23.2 Å². The first-order chi connectivity index (χ1) is 6.71. The van der Waals surface area contributed by atoms with Crippen molar-refractivity contribution in [2.75, 3.05) is 0 Å². The third kappa shape index (κ3) is 0.680. The smallest absolute Gasteiger partial charge is 0.130 e. The highest BCUT2D eigenvalue weighted by Gasteiger charge is 2.77. The highest BCUT2D eigenvalue weighted by atomic mass is 35.5. The van der Waals surface area contributed by atoms with Crippen molar-refractivity contribution in [3.8, 4) is 0 Å². The van der Waals surface area contributed by atoms with E-state index < -0.39 is 4.33 Å². The predicted molar refractivity (Wildman–Crippen MR) is 54.4 cm³/mol. The van der Waals surface area contributed by atoms with Crippen molar-refractivity contribution in [2.45, 2.75) is 16.5 Å². The molecule has 1 saturated carbocycles. The van der Waals surface area contributed by atoms with Gasteiger partial charge in [0.2, 0.25) is 0 Å². The van der Waals surface area contributed by atoms with E-state index in [1.54, 1.807) is 0 Å². The Kier molecular flexibility index (Phi) is 1.22. The molecule has 1 aliphatic carbocycles. The third-order valence-electron chi connectivity index (χ3n) is 3.72. The molecule has 1 aromatic carbocycles. The lowest BCUT2D eigenvalue weighted by Gasteiger charge is -2.11. The van der Waals surface area contributed by atoms with Gasteiger partial charge < -0.3 is 4.74 Å². The van der Waals surface area contributed by atoms with Crippen molar-refractivity contribution in [2.24, 2.45) is 11.8 Å². The molecule has 1 nitrogen and oxygen atoms in total. The summed E-state index contributed by atoms with van der Waals surface area (Å²) in [4.78, 5) is 0. The molecular weight excluding hydrogens is 219 g/mol. The van der Waals surface area contributed by atoms with E-state index in [1.165, 1.54) is 11.1 Å². The molecule has 0 radical (unpaired) electrons. The Morgan fingerprint density at radius 1 is 1.00 bits per heavy atom. The molecule has 1 saturated heterocycles. The lowest BCUT2D eigenvalue weighted by Crippen LogP contribution is -2.05. The fourth-order valence-corrected chi connectivity index (χ4v) is 3.92. The molecule has 0 N–H and O–H groups in total. The lowest BCUT2D eigenvalue weighted by molar-refractivity contribution is 0.0373. The lowest BCUT2D eigenvalue weighted by atomic mass is 9.92. The van der Waals surface area contributed by atoms with E-state index in [0.717, 1.165) is 0 Å². The quantitative estimate of drug-likeness (QED) is 0.618. The molecule has 0 spiro atoms. The summed E-state index contributed by atoms with van der Waals surface area (Å²) in [5.74, 6) is 0.650. The van der Waals surface area contributed by atoms with E-state index in [2.05, 4.69) is 12.1 Å².